The Hall–Kier alpha value is -0.780. The molecule has 0 spiro atoms. The van der Waals surface area contributed by atoms with Crippen molar-refractivity contribution >= 4 is 15.9 Å². The van der Waals surface area contributed by atoms with E-state index in [1.54, 1.807) is 14.2 Å². The molecule has 0 amide bonds. The topological polar surface area (TPSA) is 33.7 Å². The summed E-state index contributed by atoms with van der Waals surface area (Å²) < 4.78 is 12.2. The Morgan fingerprint density at radius 2 is 1.91 bits per heavy atom. The van der Waals surface area contributed by atoms with Gasteiger partial charge in [0, 0.05) is 42.8 Å². The summed E-state index contributed by atoms with van der Waals surface area (Å²) in [5, 5.41) is 3.40. The van der Waals surface area contributed by atoms with Gasteiger partial charge in [-0.25, -0.2) is 0 Å². The second kappa shape index (κ2) is 8.18. The highest BCUT2D eigenvalue weighted by Crippen LogP contribution is 2.42. The molecule has 0 radical (unpaired) electrons. The van der Waals surface area contributed by atoms with Crippen LogP contribution in [-0.2, 0) is 6.42 Å². The third kappa shape index (κ3) is 3.94. The maximum Gasteiger partial charge on any atom is 0.164 e. The van der Waals surface area contributed by atoms with Gasteiger partial charge in [0.05, 0.1) is 14.2 Å². The van der Waals surface area contributed by atoms with Crippen LogP contribution < -0.4 is 14.8 Å². The minimum absolute atomic E-state index is 0.388. The summed E-state index contributed by atoms with van der Waals surface area (Å²) in [5.74, 6) is 2.05. The van der Waals surface area contributed by atoms with Gasteiger partial charge in [-0.15, -0.1) is 0 Å². The minimum atomic E-state index is 0.388. The summed E-state index contributed by atoms with van der Waals surface area (Å²) in [7, 11) is 3.41. The molecule has 22 heavy (non-hydrogen) atoms. The number of benzene rings is 1. The monoisotopic (exact) mass is 370 g/mol. The number of ether oxygens (including phenoxy) is 2. The van der Waals surface area contributed by atoms with E-state index in [0.29, 0.717) is 5.92 Å². The fourth-order valence-corrected chi connectivity index (χ4v) is 3.72. The number of hydrogen-bond acceptors (Lipinski definition) is 4. The smallest absolute Gasteiger partial charge is 0.164 e. The van der Waals surface area contributed by atoms with E-state index in [1.807, 2.05) is 6.07 Å². The molecule has 2 rings (SSSR count). The van der Waals surface area contributed by atoms with E-state index in [1.165, 1.54) is 11.1 Å². The number of methoxy groups -OCH3 is 2. The van der Waals surface area contributed by atoms with Crippen molar-refractivity contribution in [3.63, 3.8) is 0 Å². The first kappa shape index (κ1) is 17.6. The first-order chi connectivity index (χ1) is 10.6. The van der Waals surface area contributed by atoms with Crippen LogP contribution in [0, 0.1) is 0 Å². The number of halogens is 1. The van der Waals surface area contributed by atoms with Gasteiger partial charge in [0.15, 0.2) is 11.5 Å². The summed E-state index contributed by atoms with van der Waals surface area (Å²) in [6.45, 7) is 9.92. The molecule has 1 N–H and O–H groups in total. The lowest BCUT2D eigenvalue weighted by Crippen LogP contribution is -2.44. The number of rotatable bonds is 6. The van der Waals surface area contributed by atoms with E-state index < -0.39 is 0 Å². The summed E-state index contributed by atoms with van der Waals surface area (Å²) in [4.78, 5) is 2.52. The molecule has 0 aromatic heterocycles. The van der Waals surface area contributed by atoms with E-state index in [9.17, 15) is 0 Å². The second-order valence-corrected chi connectivity index (χ2v) is 6.84. The van der Waals surface area contributed by atoms with Gasteiger partial charge < -0.3 is 19.7 Å². The van der Waals surface area contributed by atoms with E-state index >= 15 is 0 Å². The zero-order valence-corrected chi connectivity index (χ0v) is 15.6. The average Bonchev–Trinajstić information content (AvgIpc) is 2.53. The molecule has 1 aromatic carbocycles. The lowest BCUT2D eigenvalue weighted by molar-refractivity contribution is 0.243. The summed E-state index contributed by atoms with van der Waals surface area (Å²) >= 11 is 3.73. The quantitative estimate of drug-likeness (QED) is 0.834. The minimum Gasteiger partial charge on any atom is -0.493 e. The fourth-order valence-electron chi connectivity index (χ4n) is 3.10. The maximum atomic E-state index is 5.65. The number of hydrogen-bond donors (Lipinski definition) is 1. The lowest BCUT2D eigenvalue weighted by atomic mass is 9.93. The maximum absolute atomic E-state index is 5.65. The molecular formula is C17H27BrN2O2. The van der Waals surface area contributed by atoms with E-state index in [2.05, 4.69) is 40.0 Å². The van der Waals surface area contributed by atoms with Crippen LogP contribution in [0.4, 0.5) is 0 Å². The van der Waals surface area contributed by atoms with Crippen LogP contribution in [-0.4, -0.2) is 51.8 Å². The van der Waals surface area contributed by atoms with Crippen molar-refractivity contribution in [2.24, 2.45) is 0 Å². The third-order valence-corrected chi connectivity index (χ3v) is 4.94. The summed E-state index contributed by atoms with van der Waals surface area (Å²) in [6, 6.07) is 2.03. The first-order valence-corrected chi connectivity index (χ1v) is 8.74. The number of nitrogens with zero attached hydrogens (tertiary/aromatic N) is 1. The zero-order valence-electron chi connectivity index (χ0n) is 14.0. The number of piperazine rings is 1. The van der Waals surface area contributed by atoms with Crippen LogP contribution in [0.5, 0.6) is 11.5 Å². The second-order valence-electron chi connectivity index (χ2n) is 5.98. The highest BCUT2D eigenvalue weighted by molar-refractivity contribution is 9.10. The molecule has 0 aliphatic carbocycles. The molecule has 1 heterocycles. The van der Waals surface area contributed by atoms with Gasteiger partial charge in [0.25, 0.3) is 0 Å². The van der Waals surface area contributed by atoms with Crippen molar-refractivity contribution in [2.75, 3.05) is 46.9 Å². The molecule has 1 aromatic rings. The Bertz CT molecular complexity index is 500. The highest BCUT2D eigenvalue weighted by Gasteiger charge is 2.21. The van der Waals surface area contributed by atoms with Crippen molar-refractivity contribution in [2.45, 2.75) is 26.2 Å². The van der Waals surface area contributed by atoms with Crippen LogP contribution in [0.25, 0.3) is 0 Å². The molecule has 0 atom stereocenters. The van der Waals surface area contributed by atoms with Gasteiger partial charge in [0.2, 0.25) is 0 Å². The first-order valence-electron chi connectivity index (χ1n) is 7.94. The normalized spacial score (nSPS) is 16.1. The van der Waals surface area contributed by atoms with Gasteiger partial charge in [-0.1, -0.05) is 29.8 Å². The molecule has 5 heteroatoms. The fraction of sp³-hybridized carbons (Fsp3) is 0.647. The molecule has 1 aliphatic rings. The molecule has 0 unspecified atom stereocenters. The predicted molar refractivity (Wildman–Crippen MR) is 94.3 cm³/mol. The van der Waals surface area contributed by atoms with Crippen molar-refractivity contribution < 1.29 is 9.47 Å². The lowest BCUT2D eigenvalue weighted by Gasteiger charge is -2.28. The molecule has 1 fully saturated rings. The Kier molecular flexibility index (Phi) is 6.53. The molecule has 4 nitrogen and oxygen atoms in total. The molecule has 124 valence electrons. The largest absolute Gasteiger partial charge is 0.493 e. The Morgan fingerprint density at radius 1 is 1.23 bits per heavy atom. The van der Waals surface area contributed by atoms with Gasteiger partial charge >= 0.3 is 0 Å². The Labute approximate surface area is 142 Å². The van der Waals surface area contributed by atoms with Crippen molar-refractivity contribution in [1.82, 2.24) is 10.2 Å². The van der Waals surface area contributed by atoms with Crippen molar-refractivity contribution in [1.29, 1.82) is 0 Å². The van der Waals surface area contributed by atoms with Crippen molar-refractivity contribution in [3.8, 4) is 11.5 Å². The van der Waals surface area contributed by atoms with Gasteiger partial charge in [-0.05, 0) is 24.0 Å². The van der Waals surface area contributed by atoms with E-state index in [0.717, 1.165) is 55.1 Å². The van der Waals surface area contributed by atoms with E-state index in [4.69, 9.17) is 9.47 Å². The molecule has 0 saturated carbocycles. The number of nitrogens with one attached hydrogen (secondary N) is 1. The molecular weight excluding hydrogens is 344 g/mol. The van der Waals surface area contributed by atoms with Gasteiger partial charge in [0.1, 0.15) is 0 Å². The Balaban J connectivity index is 2.28. The van der Waals surface area contributed by atoms with Gasteiger partial charge in [-0.2, -0.15) is 0 Å². The van der Waals surface area contributed by atoms with Crippen LogP contribution >= 0.6 is 15.9 Å². The molecule has 1 saturated heterocycles. The standard InChI is InChI=1S/C17H27BrN2O2/c1-12(2)16-13(5-8-20-9-6-19-7-10-20)14(18)11-15(21-3)17(16)22-4/h11-12,19H,5-10H2,1-4H3. The van der Waals surface area contributed by atoms with Crippen molar-refractivity contribution in [3.05, 3.63) is 21.7 Å². The Morgan fingerprint density at radius 3 is 2.45 bits per heavy atom. The molecule has 1 aliphatic heterocycles. The van der Waals surface area contributed by atoms with E-state index in [-0.39, 0.29) is 0 Å². The third-order valence-electron chi connectivity index (χ3n) is 4.23. The average molecular weight is 371 g/mol. The van der Waals surface area contributed by atoms with Crippen LogP contribution in [0.2, 0.25) is 0 Å². The van der Waals surface area contributed by atoms with Crippen LogP contribution in [0.3, 0.4) is 0 Å². The summed E-state index contributed by atoms with van der Waals surface area (Å²) in [5.41, 5.74) is 2.59. The SMILES string of the molecule is COc1cc(Br)c(CCN2CCNCC2)c(C(C)C)c1OC. The van der Waals surface area contributed by atoms with Crippen LogP contribution in [0.15, 0.2) is 10.5 Å². The zero-order chi connectivity index (χ0) is 16.1. The molecule has 0 bridgehead atoms. The van der Waals surface area contributed by atoms with Crippen LogP contribution in [0.1, 0.15) is 30.9 Å². The predicted octanol–water partition coefficient (Wildman–Crippen LogP) is 3.04. The summed E-state index contributed by atoms with van der Waals surface area (Å²) in [6.07, 6.45) is 1.02. The van der Waals surface area contributed by atoms with Gasteiger partial charge in [-0.3, -0.25) is 0 Å². The highest BCUT2D eigenvalue weighted by atomic mass is 79.9.